The molecular weight excluding hydrogens is 190 g/mol. The summed E-state index contributed by atoms with van der Waals surface area (Å²) in [6, 6.07) is 7.71. The van der Waals surface area contributed by atoms with Crippen LogP contribution in [0, 0.1) is 0 Å². The molecule has 0 amide bonds. The normalized spacial score (nSPS) is 16.3. The van der Waals surface area contributed by atoms with Crippen molar-refractivity contribution in [1.29, 1.82) is 0 Å². The first-order chi connectivity index (χ1) is 7.29. The molecule has 0 bridgehead atoms. The van der Waals surface area contributed by atoms with E-state index in [1.807, 2.05) is 24.3 Å². The van der Waals surface area contributed by atoms with Crippen LogP contribution in [0.15, 0.2) is 29.8 Å². The molecule has 1 atom stereocenters. The molecule has 15 heavy (non-hydrogen) atoms. The highest BCUT2D eigenvalue weighted by Gasteiger charge is 2.12. The van der Waals surface area contributed by atoms with Gasteiger partial charge in [0, 0.05) is 11.6 Å². The van der Waals surface area contributed by atoms with Crippen LogP contribution in [0.1, 0.15) is 12.0 Å². The van der Waals surface area contributed by atoms with Gasteiger partial charge in [-0.1, -0.05) is 18.2 Å². The second-order valence-corrected chi connectivity index (χ2v) is 3.78. The molecule has 0 spiro atoms. The Morgan fingerprint density at radius 2 is 2.20 bits per heavy atom. The molecule has 80 valence electrons. The van der Waals surface area contributed by atoms with E-state index in [2.05, 4.69) is 6.08 Å². The Morgan fingerprint density at radius 3 is 3.00 bits per heavy atom. The summed E-state index contributed by atoms with van der Waals surface area (Å²) in [5, 5.41) is 8.87. The molecule has 0 fully saturated rings. The molecular formula is C12H15NO2. The Morgan fingerprint density at radius 1 is 1.40 bits per heavy atom. The third-order valence-corrected chi connectivity index (χ3v) is 2.45. The number of hydrogen-bond donors (Lipinski definition) is 2. The average molecular weight is 205 g/mol. The van der Waals surface area contributed by atoms with Gasteiger partial charge in [-0.2, -0.15) is 0 Å². The summed E-state index contributed by atoms with van der Waals surface area (Å²) in [7, 11) is 0. The van der Waals surface area contributed by atoms with E-state index < -0.39 is 0 Å². The summed E-state index contributed by atoms with van der Waals surface area (Å²) < 4.78 is 5.58. The molecule has 3 heteroatoms. The Hall–Kier alpha value is -1.32. The number of nitrogens with two attached hydrogens (primary N) is 1. The number of aliphatic hydroxyl groups excluding tert-OH is 1. The second kappa shape index (κ2) is 4.47. The smallest absolute Gasteiger partial charge is 0.127 e. The maximum atomic E-state index is 8.87. The van der Waals surface area contributed by atoms with Gasteiger partial charge in [-0.3, -0.25) is 0 Å². The fourth-order valence-corrected chi connectivity index (χ4v) is 1.68. The number of benzene rings is 1. The molecule has 1 aliphatic heterocycles. The summed E-state index contributed by atoms with van der Waals surface area (Å²) in [6.07, 6.45) is 2.78. The second-order valence-electron chi connectivity index (χ2n) is 3.78. The van der Waals surface area contributed by atoms with Crippen LogP contribution < -0.4 is 10.5 Å². The summed E-state index contributed by atoms with van der Waals surface area (Å²) in [4.78, 5) is 0. The Labute approximate surface area is 89.2 Å². The van der Waals surface area contributed by atoms with Gasteiger partial charge < -0.3 is 15.6 Å². The minimum absolute atomic E-state index is 0.0129. The highest BCUT2D eigenvalue weighted by Crippen LogP contribution is 2.26. The lowest BCUT2D eigenvalue weighted by Crippen LogP contribution is -2.26. The average Bonchev–Trinajstić information content (AvgIpc) is 2.29. The molecule has 1 unspecified atom stereocenters. The predicted molar refractivity (Wildman–Crippen MR) is 59.6 cm³/mol. The molecule has 3 nitrogen and oxygen atoms in total. The summed E-state index contributed by atoms with van der Waals surface area (Å²) in [6.45, 7) is 0.587. The molecule has 0 aliphatic carbocycles. The zero-order chi connectivity index (χ0) is 10.7. The Balaban J connectivity index is 2.15. The van der Waals surface area contributed by atoms with Crippen LogP contribution in [0.3, 0.4) is 0 Å². The highest BCUT2D eigenvalue weighted by molar-refractivity contribution is 5.62. The van der Waals surface area contributed by atoms with Crippen molar-refractivity contribution < 1.29 is 9.84 Å². The minimum atomic E-state index is -0.190. The maximum Gasteiger partial charge on any atom is 0.127 e. The molecule has 1 aliphatic rings. The standard InChI is InChI=1S/C12H15NO2/c13-11(7-14)6-9-5-10-3-1-2-4-12(10)15-8-9/h1-5,11,14H,6-8,13H2. The molecule has 3 N–H and O–H groups in total. The molecule has 0 aromatic heterocycles. The SMILES string of the molecule is NC(CO)CC1=Cc2ccccc2OC1. The summed E-state index contributed by atoms with van der Waals surface area (Å²) in [5.41, 5.74) is 7.90. The van der Waals surface area contributed by atoms with Crippen LogP contribution in [-0.2, 0) is 0 Å². The molecule has 2 rings (SSSR count). The van der Waals surface area contributed by atoms with Gasteiger partial charge >= 0.3 is 0 Å². The number of ether oxygens (including phenoxy) is 1. The zero-order valence-corrected chi connectivity index (χ0v) is 8.52. The summed E-state index contributed by atoms with van der Waals surface area (Å²) >= 11 is 0. The van der Waals surface area contributed by atoms with E-state index >= 15 is 0 Å². The van der Waals surface area contributed by atoms with Crippen molar-refractivity contribution >= 4 is 6.08 Å². The van der Waals surface area contributed by atoms with E-state index in [-0.39, 0.29) is 12.6 Å². The lowest BCUT2D eigenvalue weighted by molar-refractivity contribution is 0.260. The van der Waals surface area contributed by atoms with Crippen LogP contribution in [0.5, 0.6) is 5.75 Å². The van der Waals surface area contributed by atoms with E-state index in [0.717, 1.165) is 16.9 Å². The van der Waals surface area contributed by atoms with Crippen LogP contribution in [0.4, 0.5) is 0 Å². The number of hydrogen-bond acceptors (Lipinski definition) is 3. The number of rotatable bonds is 3. The van der Waals surface area contributed by atoms with E-state index in [9.17, 15) is 0 Å². The maximum absolute atomic E-state index is 8.87. The van der Waals surface area contributed by atoms with Gasteiger partial charge in [0.2, 0.25) is 0 Å². The first-order valence-corrected chi connectivity index (χ1v) is 5.07. The molecule has 1 heterocycles. The van der Waals surface area contributed by atoms with E-state index in [4.69, 9.17) is 15.6 Å². The van der Waals surface area contributed by atoms with Gasteiger partial charge in [0.15, 0.2) is 0 Å². The van der Waals surface area contributed by atoms with Crippen molar-refractivity contribution in [1.82, 2.24) is 0 Å². The van der Waals surface area contributed by atoms with Gasteiger partial charge in [0.1, 0.15) is 12.4 Å². The minimum Gasteiger partial charge on any atom is -0.489 e. The number of fused-ring (bicyclic) bond motifs is 1. The van der Waals surface area contributed by atoms with Crippen molar-refractivity contribution in [3.05, 3.63) is 35.4 Å². The number of aliphatic hydroxyl groups is 1. The van der Waals surface area contributed by atoms with E-state index in [0.29, 0.717) is 13.0 Å². The van der Waals surface area contributed by atoms with Crippen molar-refractivity contribution in [3.8, 4) is 5.75 Å². The first kappa shape index (κ1) is 10.2. The highest BCUT2D eigenvalue weighted by atomic mass is 16.5. The fourth-order valence-electron chi connectivity index (χ4n) is 1.68. The Kier molecular flexibility index (Phi) is 3.04. The topological polar surface area (TPSA) is 55.5 Å². The van der Waals surface area contributed by atoms with Crippen LogP contribution >= 0.6 is 0 Å². The largest absolute Gasteiger partial charge is 0.489 e. The van der Waals surface area contributed by atoms with Crippen LogP contribution in [0.2, 0.25) is 0 Å². The van der Waals surface area contributed by atoms with Crippen molar-refractivity contribution in [2.45, 2.75) is 12.5 Å². The third kappa shape index (κ3) is 2.37. The van der Waals surface area contributed by atoms with E-state index in [1.165, 1.54) is 0 Å². The molecule has 0 saturated carbocycles. The fraction of sp³-hybridized carbons (Fsp3) is 0.333. The van der Waals surface area contributed by atoms with Gasteiger partial charge in [0.25, 0.3) is 0 Å². The summed E-state index contributed by atoms with van der Waals surface area (Å²) in [5.74, 6) is 0.916. The van der Waals surface area contributed by atoms with Crippen molar-refractivity contribution in [2.75, 3.05) is 13.2 Å². The quantitative estimate of drug-likeness (QED) is 0.779. The van der Waals surface area contributed by atoms with Gasteiger partial charge in [-0.15, -0.1) is 0 Å². The number of para-hydroxylation sites is 1. The zero-order valence-electron chi connectivity index (χ0n) is 8.52. The van der Waals surface area contributed by atoms with Gasteiger partial charge in [-0.25, -0.2) is 0 Å². The van der Waals surface area contributed by atoms with Crippen LogP contribution in [0.25, 0.3) is 6.08 Å². The van der Waals surface area contributed by atoms with Gasteiger partial charge in [0.05, 0.1) is 6.61 Å². The lowest BCUT2D eigenvalue weighted by Gasteiger charge is -2.19. The van der Waals surface area contributed by atoms with Crippen molar-refractivity contribution in [2.24, 2.45) is 5.73 Å². The monoisotopic (exact) mass is 205 g/mol. The Bertz CT molecular complexity index is 374. The first-order valence-electron chi connectivity index (χ1n) is 5.07. The molecule has 0 radical (unpaired) electrons. The van der Waals surface area contributed by atoms with E-state index in [1.54, 1.807) is 0 Å². The molecule has 1 aromatic carbocycles. The predicted octanol–water partition coefficient (Wildman–Crippen LogP) is 1.17. The lowest BCUT2D eigenvalue weighted by atomic mass is 10.0. The third-order valence-electron chi connectivity index (χ3n) is 2.45. The molecule has 0 saturated heterocycles. The van der Waals surface area contributed by atoms with Crippen molar-refractivity contribution in [3.63, 3.8) is 0 Å². The molecule has 1 aromatic rings. The van der Waals surface area contributed by atoms with Crippen LogP contribution in [-0.4, -0.2) is 24.4 Å². The van der Waals surface area contributed by atoms with Gasteiger partial charge in [-0.05, 0) is 24.1 Å².